The molecule has 0 fully saturated rings. The van der Waals surface area contributed by atoms with E-state index in [0.29, 0.717) is 28.7 Å². The van der Waals surface area contributed by atoms with Crippen molar-refractivity contribution in [2.24, 2.45) is 11.1 Å². The van der Waals surface area contributed by atoms with Crippen LogP contribution in [0.3, 0.4) is 0 Å². The molecule has 0 spiro atoms. The zero-order valence-electron chi connectivity index (χ0n) is 15.5. The number of hydrogen-bond donors (Lipinski definition) is 3. The highest BCUT2D eigenvalue weighted by atomic mass is 19.1. The molecule has 27 heavy (non-hydrogen) atoms. The van der Waals surface area contributed by atoms with Crippen LogP contribution in [0.15, 0.2) is 36.9 Å². The second-order valence-corrected chi connectivity index (χ2v) is 7.57. The van der Waals surface area contributed by atoms with Crippen molar-refractivity contribution in [3.05, 3.63) is 48.6 Å². The molecule has 1 unspecified atom stereocenters. The number of aromatic nitrogens is 4. The molecule has 1 atom stereocenters. The molecule has 3 rings (SSSR count). The average molecular weight is 372 g/mol. The van der Waals surface area contributed by atoms with E-state index in [1.807, 2.05) is 20.8 Å². The molecule has 0 amide bonds. The molecule has 142 valence electrons. The summed E-state index contributed by atoms with van der Waals surface area (Å²) in [5, 5.41) is 3.64. The van der Waals surface area contributed by atoms with E-state index in [0.717, 1.165) is 12.4 Å². The van der Waals surface area contributed by atoms with Crippen LogP contribution in [0.5, 0.6) is 0 Å². The highest BCUT2D eigenvalue weighted by Crippen LogP contribution is 2.30. The molecule has 0 aliphatic rings. The van der Waals surface area contributed by atoms with Gasteiger partial charge in [-0.25, -0.2) is 23.7 Å². The molecular weight excluding hydrogens is 350 g/mol. The number of H-pyrrole nitrogens is 1. The van der Waals surface area contributed by atoms with Crippen molar-refractivity contribution in [2.45, 2.75) is 33.2 Å². The van der Waals surface area contributed by atoms with Gasteiger partial charge in [0.25, 0.3) is 0 Å². The smallest absolute Gasteiger partial charge is 0.183 e. The Morgan fingerprint density at radius 1 is 1.30 bits per heavy atom. The summed E-state index contributed by atoms with van der Waals surface area (Å²) in [5.41, 5.74) is 7.08. The molecule has 8 heteroatoms. The van der Waals surface area contributed by atoms with Gasteiger partial charge in [-0.1, -0.05) is 27.4 Å². The Bertz CT molecular complexity index is 990. The van der Waals surface area contributed by atoms with E-state index < -0.39 is 11.6 Å². The monoisotopic (exact) mass is 372 g/mol. The summed E-state index contributed by atoms with van der Waals surface area (Å²) >= 11 is 0. The molecule has 0 aliphatic carbocycles. The highest BCUT2D eigenvalue weighted by molar-refractivity contribution is 5.91. The lowest BCUT2D eigenvalue weighted by molar-refractivity contribution is 0.336. The first-order valence-electron chi connectivity index (χ1n) is 8.50. The van der Waals surface area contributed by atoms with Crippen LogP contribution in [0.1, 0.15) is 27.2 Å². The van der Waals surface area contributed by atoms with Crippen LogP contribution < -0.4 is 11.1 Å². The Kier molecular flexibility index (Phi) is 4.82. The zero-order valence-corrected chi connectivity index (χ0v) is 15.5. The summed E-state index contributed by atoms with van der Waals surface area (Å²) < 4.78 is 27.9. The van der Waals surface area contributed by atoms with Gasteiger partial charge in [0.05, 0.1) is 12.4 Å². The molecule has 0 bridgehead atoms. The van der Waals surface area contributed by atoms with E-state index in [9.17, 15) is 8.78 Å². The normalized spacial score (nSPS) is 12.9. The average Bonchev–Trinajstić information content (AvgIpc) is 2.98. The van der Waals surface area contributed by atoms with E-state index >= 15 is 0 Å². The van der Waals surface area contributed by atoms with Gasteiger partial charge >= 0.3 is 0 Å². The van der Waals surface area contributed by atoms with Gasteiger partial charge in [0.2, 0.25) is 0 Å². The van der Waals surface area contributed by atoms with E-state index in [-0.39, 0.29) is 23.1 Å². The Balaban J connectivity index is 2.01. The predicted octanol–water partition coefficient (Wildman–Crippen LogP) is 3.99. The predicted molar refractivity (Wildman–Crippen MR) is 102 cm³/mol. The maximum atomic E-state index is 14.4. The summed E-state index contributed by atoms with van der Waals surface area (Å²) in [4.78, 5) is 15.3. The number of nitrogens with two attached hydrogens (primary N) is 1. The minimum atomic E-state index is -0.584. The van der Waals surface area contributed by atoms with Crippen LogP contribution in [-0.2, 0) is 0 Å². The number of aromatic amines is 1. The standard InChI is InChI=1S/C19H22F2N6/c1-10(22)5-15(19(2,3)4)26-18-14(21)9-25-17(27-18)13-8-24-16-12(13)6-11(20)7-23-16/h6-9,15H,1,5,22H2,2-4H3,(H,23,24)(H,25,26,27). The lowest BCUT2D eigenvalue weighted by atomic mass is 9.84. The van der Waals surface area contributed by atoms with Crippen LogP contribution in [0, 0.1) is 17.0 Å². The third-order valence-electron chi connectivity index (χ3n) is 4.31. The fourth-order valence-electron chi connectivity index (χ4n) is 2.76. The van der Waals surface area contributed by atoms with Crippen molar-refractivity contribution < 1.29 is 8.78 Å². The molecule has 3 heterocycles. The number of fused-ring (bicyclic) bond motifs is 1. The largest absolute Gasteiger partial charge is 0.402 e. The number of pyridine rings is 1. The number of anilines is 1. The quantitative estimate of drug-likeness (QED) is 0.630. The number of hydrogen-bond acceptors (Lipinski definition) is 5. The SMILES string of the molecule is C=C(N)CC(Nc1nc(-c2c[nH]c3ncc(F)cc23)ncc1F)C(C)(C)C. The van der Waals surface area contributed by atoms with Crippen molar-refractivity contribution in [1.29, 1.82) is 0 Å². The number of nitrogens with zero attached hydrogens (tertiary/aromatic N) is 3. The Morgan fingerprint density at radius 3 is 2.70 bits per heavy atom. The van der Waals surface area contributed by atoms with E-state index in [2.05, 4.69) is 31.8 Å². The van der Waals surface area contributed by atoms with Crippen molar-refractivity contribution >= 4 is 16.9 Å². The summed E-state index contributed by atoms with van der Waals surface area (Å²) in [6.45, 7) is 9.78. The second-order valence-electron chi connectivity index (χ2n) is 7.57. The minimum absolute atomic E-state index is 0.0555. The van der Waals surface area contributed by atoms with Gasteiger partial charge in [-0.2, -0.15) is 0 Å². The van der Waals surface area contributed by atoms with Crippen LogP contribution in [0.2, 0.25) is 0 Å². The fraction of sp³-hybridized carbons (Fsp3) is 0.316. The Labute approximate surface area is 155 Å². The van der Waals surface area contributed by atoms with E-state index in [4.69, 9.17) is 5.73 Å². The second kappa shape index (κ2) is 6.94. The van der Waals surface area contributed by atoms with Crippen LogP contribution in [0.4, 0.5) is 14.6 Å². The van der Waals surface area contributed by atoms with Gasteiger partial charge < -0.3 is 16.0 Å². The maximum Gasteiger partial charge on any atom is 0.183 e. The van der Waals surface area contributed by atoms with Crippen molar-refractivity contribution in [3.8, 4) is 11.4 Å². The maximum absolute atomic E-state index is 14.4. The highest BCUT2D eigenvalue weighted by Gasteiger charge is 2.26. The number of rotatable bonds is 5. The lowest BCUT2D eigenvalue weighted by Crippen LogP contribution is -2.35. The van der Waals surface area contributed by atoms with Gasteiger partial charge in [0, 0.05) is 35.3 Å². The molecule has 6 nitrogen and oxygen atoms in total. The summed E-state index contributed by atoms with van der Waals surface area (Å²) in [6, 6.07) is 1.15. The topological polar surface area (TPSA) is 92.5 Å². The summed E-state index contributed by atoms with van der Waals surface area (Å²) in [5.74, 6) is -0.741. The van der Waals surface area contributed by atoms with Crippen molar-refractivity contribution in [1.82, 2.24) is 19.9 Å². The third-order valence-corrected chi connectivity index (χ3v) is 4.31. The molecule has 0 radical (unpaired) electrons. The van der Waals surface area contributed by atoms with Gasteiger partial charge in [-0.05, 0) is 11.5 Å². The van der Waals surface area contributed by atoms with Crippen LogP contribution in [-0.4, -0.2) is 26.0 Å². The lowest BCUT2D eigenvalue weighted by Gasteiger charge is -2.32. The van der Waals surface area contributed by atoms with Crippen molar-refractivity contribution in [3.63, 3.8) is 0 Å². The molecule has 4 N–H and O–H groups in total. The first-order valence-corrected chi connectivity index (χ1v) is 8.50. The van der Waals surface area contributed by atoms with Crippen LogP contribution in [0.25, 0.3) is 22.4 Å². The zero-order chi connectivity index (χ0) is 19.8. The van der Waals surface area contributed by atoms with E-state index in [1.165, 1.54) is 6.07 Å². The Morgan fingerprint density at radius 2 is 2.04 bits per heavy atom. The van der Waals surface area contributed by atoms with Gasteiger partial charge in [0.1, 0.15) is 11.5 Å². The Hall–Kier alpha value is -3.03. The molecule has 0 saturated carbocycles. The molecule has 0 aliphatic heterocycles. The molecule has 0 aromatic carbocycles. The van der Waals surface area contributed by atoms with Crippen LogP contribution >= 0.6 is 0 Å². The number of nitrogens with one attached hydrogen (secondary N) is 2. The molecular formula is C19H22F2N6. The first-order chi connectivity index (χ1) is 12.6. The van der Waals surface area contributed by atoms with E-state index in [1.54, 1.807) is 6.20 Å². The van der Waals surface area contributed by atoms with Gasteiger partial charge in [-0.3, -0.25) is 0 Å². The summed E-state index contributed by atoms with van der Waals surface area (Å²) in [6.07, 6.45) is 4.30. The van der Waals surface area contributed by atoms with Gasteiger partial charge in [-0.15, -0.1) is 0 Å². The third kappa shape index (κ3) is 4.05. The van der Waals surface area contributed by atoms with Crippen molar-refractivity contribution in [2.75, 3.05) is 5.32 Å². The fourth-order valence-corrected chi connectivity index (χ4v) is 2.76. The van der Waals surface area contributed by atoms with Gasteiger partial charge in [0.15, 0.2) is 17.5 Å². The molecule has 0 saturated heterocycles. The first kappa shape index (κ1) is 18.8. The minimum Gasteiger partial charge on any atom is -0.402 e. The number of halogens is 2. The molecule has 3 aromatic heterocycles. The molecule has 3 aromatic rings. The summed E-state index contributed by atoms with van der Waals surface area (Å²) in [7, 11) is 0.